The summed E-state index contributed by atoms with van der Waals surface area (Å²) >= 11 is 0. The molecule has 0 saturated carbocycles. The summed E-state index contributed by atoms with van der Waals surface area (Å²) in [5, 5.41) is 26.0. The third-order valence-electron chi connectivity index (χ3n) is 5.43. The molecule has 1 aromatic carbocycles. The van der Waals surface area contributed by atoms with Crippen LogP contribution in [0, 0.1) is 17.2 Å². The van der Waals surface area contributed by atoms with Crippen LogP contribution in [-0.4, -0.2) is 55.7 Å². The second-order valence-corrected chi connectivity index (χ2v) is 7.78. The van der Waals surface area contributed by atoms with Gasteiger partial charge in [-0.25, -0.2) is 0 Å². The van der Waals surface area contributed by atoms with Crippen molar-refractivity contribution in [2.45, 2.75) is 38.5 Å². The lowest BCUT2D eigenvalue weighted by Gasteiger charge is -2.30. The van der Waals surface area contributed by atoms with Gasteiger partial charge >= 0.3 is 0 Å². The van der Waals surface area contributed by atoms with E-state index < -0.39 is 24.3 Å². The van der Waals surface area contributed by atoms with Crippen molar-refractivity contribution >= 4 is 23.5 Å². The predicted octanol–water partition coefficient (Wildman–Crippen LogP) is 0.0304. The van der Waals surface area contributed by atoms with Gasteiger partial charge in [0.1, 0.15) is 0 Å². The van der Waals surface area contributed by atoms with E-state index in [1.54, 1.807) is 12.1 Å². The van der Waals surface area contributed by atoms with Crippen LogP contribution in [0.25, 0.3) is 0 Å². The molecular weight excluding hydrogens is 410 g/mol. The number of nitrogens with two attached hydrogens (primary N) is 3. The SMILES string of the molecule is CCC(c1ccc(NC(=N)N)cc1)C(C(=O)NCCCCNCCCN)[C@@H](CO)C(N)=O. The quantitative estimate of drug-likeness (QED) is 0.0990. The van der Waals surface area contributed by atoms with Gasteiger partial charge in [0.25, 0.3) is 0 Å². The van der Waals surface area contributed by atoms with Gasteiger partial charge in [-0.05, 0) is 68.9 Å². The zero-order valence-electron chi connectivity index (χ0n) is 18.9. The van der Waals surface area contributed by atoms with Gasteiger partial charge in [0.05, 0.1) is 18.4 Å². The van der Waals surface area contributed by atoms with Crippen molar-refractivity contribution in [3.8, 4) is 0 Å². The molecule has 0 bridgehead atoms. The summed E-state index contributed by atoms with van der Waals surface area (Å²) in [6.45, 7) is 4.28. The zero-order chi connectivity index (χ0) is 23.9. The van der Waals surface area contributed by atoms with E-state index >= 15 is 0 Å². The summed E-state index contributed by atoms with van der Waals surface area (Å²) in [5.74, 6) is -3.28. The lowest BCUT2D eigenvalue weighted by Crippen LogP contribution is -2.45. The fraction of sp³-hybridized carbons (Fsp3) is 0.591. The number of hydrogen-bond donors (Lipinski definition) is 8. The molecule has 0 saturated heterocycles. The molecule has 11 N–H and O–H groups in total. The van der Waals surface area contributed by atoms with E-state index in [2.05, 4.69) is 16.0 Å². The number of carbonyl (C=O) groups is 2. The predicted molar refractivity (Wildman–Crippen MR) is 127 cm³/mol. The van der Waals surface area contributed by atoms with E-state index in [0.29, 0.717) is 25.2 Å². The minimum absolute atomic E-state index is 0.175. The van der Waals surface area contributed by atoms with Crippen molar-refractivity contribution in [1.82, 2.24) is 10.6 Å². The maximum atomic E-state index is 13.1. The van der Waals surface area contributed by atoms with Crippen LogP contribution in [-0.2, 0) is 9.59 Å². The maximum Gasteiger partial charge on any atom is 0.224 e. The van der Waals surface area contributed by atoms with Gasteiger partial charge < -0.3 is 38.3 Å². The van der Waals surface area contributed by atoms with Crippen LogP contribution < -0.4 is 33.2 Å². The molecule has 2 amide bonds. The highest BCUT2D eigenvalue weighted by Crippen LogP contribution is 2.34. The Bertz CT molecular complexity index is 712. The fourth-order valence-electron chi connectivity index (χ4n) is 3.75. The third-order valence-corrected chi connectivity index (χ3v) is 5.43. The van der Waals surface area contributed by atoms with E-state index in [9.17, 15) is 14.7 Å². The second-order valence-electron chi connectivity index (χ2n) is 7.78. The molecule has 1 rings (SSSR count). The minimum Gasteiger partial charge on any atom is -0.396 e. The van der Waals surface area contributed by atoms with E-state index in [-0.39, 0.29) is 17.8 Å². The highest BCUT2D eigenvalue weighted by atomic mass is 16.3. The van der Waals surface area contributed by atoms with Gasteiger partial charge in [0.2, 0.25) is 11.8 Å². The number of aliphatic hydroxyl groups is 1. The summed E-state index contributed by atoms with van der Waals surface area (Å²) in [6.07, 6.45) is 3.19. The molecule has 0 spiro atoms. The Hall–Kier alpha value is -2.69. The normalized spacial score (nSPS) is 13.7. The van der Waals surface area contributed by atoms with Crippen LogP contribution in [0.2, 0.25) is 0 Å². The van der Waals surface area contributed by atoms with E-state index in [1.807, 2.05) is 19.1 Å². The van der Waals surface area contributed by atoms with Gasteiger partial charge in [-0.15, -0.1) is 0 Å². The van der Waals surface area contributed by atoms with E-state index in [0.717, 1.165) is 37.9 Å². The average molecular weight is 450 g/mol. The minimum atomic E-state index is -0.993. The number of guanidine groups is 1. The lowest BCUT2D eigenvalue weighted by atomic mass is 9.75. The highest BCUT2D eigenvalue weighted by Gasteiger charge is 2.38. The first-order valence-electron chi connectivity index (χ1n) is 11.1. The molecule has 10 nitrogen and oxygen atoms in total. The number of nitrogens with one attached hydrogen (secondary N) is 4. The van der Waals surface area contributed by atoms with Crippen molar-refractivity contribution in [2.75, 3.05) is 38.1 Å². The van der Waals surface area contributed by atoms with Gasteiger partial charge in [-0.3, -0.25) is 15.0 Å². The van der Waals surface area contributed by atoms with Crippen molar-refractivity contribution in [3.63, 3.8) is 0 Å². The van der Waals surface area contributed by atoms with Gasteiger partial charge in [0, 0.05) is 12.2 Å². The summed E-state index contributed by atoms with van der Waals surface area (Å²) in [4.78, 5) is 25.1. The Balaban J connectivity index is 2.86. The Labute approximate surface area is 190 Å². The van der Waals surface area contributed by atoms with E-state index in [1.165, 1.54) is 0 Å². The molecule has 1 aromatic rings. The Morgan fingerprint density at radius 1 is 1.06 bits per heavy atom. The number of carbonyl (C=O) groups excluding carboxylic acids is 2. The lowest BCUT2D eigenvalue weighted by molar-refractivity contribution is -0.135. The topological polar surface area (TPSA) is 192 Å². The number of unbranched alkanes of at least 4 members (excludes halogenated alkanes) is 1. The maximum absolute atomic E-state index is 13.1. The van der Waals surface area contributed by atoms with Crippen LogP contribution in [0.15, 0.2) is 24.3 Å². The number of hydrogen-bond acceptors (Lipinski definition) is 6. The van der Waals surface area contributed by atoms with Crippen LogP contribution in [0.1, 0.15) is 44.1 Å². The first kappa shape index (κ1) is 27.3. The Morgan fingerprint density at radius 2 is 1.69 bits per heavy atom. The molecule has 0 aliphatic carbocycles. The molecule has 10 heteroatoms. The van der Waals surface area contributed by atoms with Gasteiger partial charge in [-0.2, -0.15) is 0 Å². The molecule has 0 radical (unpaired) electrons. The standard InChI is InChI=1S/C22H39N7O3/c1-2-17(15-6-8-16(9-7-15)29-22(25)26)19(18(14-30)20(24)31)21(32)28-13-4-3-11-27-12-5-10-23/h6-9,17-19,27,30H,2-5,10-14,23H2,1H3,(H2,24,31)(H,28,32)(H4,25,26,29)/t17?,18-,19?/m1/s1. The number of rotatable bonds is 16. The number of amides is 2. The van der Waals surface area contributed by atoms with Crippen molar-refractivity contribution < 1.29 is 14.7 Å². The molecule has 0 aliphatic heterocycles. The summed E-state index contributed by atoms with van der Waals surface area (Å²) < 4.78 is 0. The summed E-state index contributed by atoms with van der Waals surface area (Å²) in [5.41, 5.74) is 17.8. The number of anilines is 1. The third kappa shape index (κ3) is 9.21. The van der Waals surface area contributed by atoms with Gasteiger partial charge in [-0.1, -0.05) is 19.1 Å². The number of aliphatic hydroxyl groups excluding tert-OH is 1. The molecule has 0 aromatic heterocycles. The van der Waals surface area contributed by atoms with Crippen LogP contribution in [0.5, 0.6) is 0 Å². The fourth-order valence-corrected chi connectivity index (χ4v) is 3.75. The summed E-state index contributed by atoms with van der Waals surface area (Å²) in [7, 11) is 0. The number of benzene rings is 1. The molecule has 180 valence electrons. The molecule has 0 heterocycles. The molecule has 32 heavy (non-hydrogen) atoms. The van der Waals surface area contributed by atoms with Gasteiger partial charge in [0.15, 0.2) is 5.96 Å². The zero-order valence-corrected chi connectivity index (χ0v) is 18.9. The first-order chi connectivity index (χ1) is 15.3. The monoisotopic (exact) mass is 449 g/mol. The van der Waals surface area contributed by atoms with E-state index in [4.69, 9.17) is 22.6 Å². The van der Waals surface area contributed by atoms with Crippen molar-refractivity contribution in [1.29, 1.82) is 5.41 Å². The number of primary amides is 1. The van der Waals surface area contributed by atoms with Crippen LogP contribution >= 0.6 is 0 Å². The second kappa shape index (κ2) is 15.2. The van der Waals surface area contributed by atoms with Crippen molar-refractivity contribution in [2.24, 2.45) is 29.0 Å². The molecular formula is C22H39N7O3. The van der Waals surface area contributed by atoms with Crippen LogP contribution in [0.3, 0.4) is 0 Å². The molecule has 0 fully saturated rings. The first-order valence-corrected chi connectivity index (χ1v) is 11.1. The smallest absolute Gasteiger partial charge is 0.224 e. The largest absolute Gasteiger partial charge is 0.396 e. The highest BCUT2D eigenvalue weighted by molar-refractivity contribution is 5.90. The molecule has 2 unspecified atom stereocenters. The average Bonchev–Trinajstić information content (AvgIpc) is 2.75. The molecule has 3 atom stereocenters. The van der Waals surface area contributed by atoms with Crippen molar-refractivity contribution in [3.05, 3.63) is 29.8 Å². The Morgan fingerprint density at radius 3 is 2.22 bits per heavy atom. The summed E-state index contributed by atoms with van der Waals surface area (Å²) in [6, 6.07) is 7.15. The van der Waals surface area contributed by atoms with Crippen LogP contribution in [0.4, 0.5) is 5.69 Å². The Kier molecular flexibility index (Phi) is 13.0. The molecule has 0 aliphatic rings.